The molecule has 1 aliphatic carbocycles. The van der Waals surface area contributed by atoms with Crippen LogP contribution in [0.1, 0.15) is 31.5 Å². The van der Waals surface area contributed by atoms with Crippen LogP contribution in [-0.4, -0.2) is 80.8 Å². The van der Waals surface area contributed by atoms with Gasteiger partial charge >= 0.3 is 0 Å². The second kappa shape index (κ2) is 8.34. The Morgan fingerprint density at radius 3 is 2.68 bits per heavy atom. The zero-order chi connectivity index (χ0) is 23.4. The monoisotopic (exact) mass is 483 g/mol. The molecular formula is C24H30ClN7O2. The van der Waals surface area contributed by atoms with Crippen LogP contribution in [0.3, 0.4) is 0 Å². The number of hydrogen-bond donors (Lipinski definition) is 2. The molecule has 6 rings (SSSR count). The zero-order valence-corrected chi connectivity index (χ0v) is 20.3. The van der Waals surface area contributed by atoms with Crippen LogP contribution in [0.15, 0.2) is 24.5 Å². The molecule has 2 aliphatic heterocycles. The number of rotatable bonds is 5. The number of anilines is 3. The van der Waals surface area contributed by atoms with Gasteiger partial charge in [0.1, 0.15) is 0 Å². The number of nitrogens with one attached hydrogen (secondary N) is 1. The van der Waals surface area contributed by atoms with Gasteiger partial charge < -0.3 is 20.1 Å². The Morgan fingerprint density at radius 1 is 1.18 bits per heavy atom. The molecule has 34 heavy (non-hydrogen) atoms. The maximum Gasteiger partial charge on any atom is 0.227 e. The summed E-state index contributed by atoms with van der Waals surface area (Å²) in [7, 11) is 0. The van der Waals surface area contributed by atoms with E-state index in [0.29, 0.717) is 30.2 Å². The Bertz CT molecular complexity index is 1220. The van der Waals surface area contributed by atoms with Crippen molar-refractivity contribution in [3.05, 3.63) is 35.2 Å². The second-order valence-electron chi connectivity index (χ2n) is 9.86. The standard InChI is InChI=1S/C24H30ClN7O2/c1-15-20(12-27-32(15)17-3-4-17)29-23-26-11-16-9-18(25)21(10-19(16)28-23)30-5-7-31(8-6-30)24(2)14-34-13-22(24)33/h9-12,17,22,33H,3-8,13-14H2,1-2H3,(H,26,28,29). The number of aliphatic hydroxyl groups is 1. The molecule has 10 heteroatoms. The van der Waals surface area contributed by atoms with Gasteiger partial charge in [0, 0.05) is 37.8 Å². The number of ether oxygens (including phenoxy) is 1. The van der Waals surface area contributed by atoms with Crippen LogP contribution >= 0.6 is 11.6 Å². The molecule has 3 fully saturated rings. The largest absolute Gasteiger partial charge is 0.389 e. The van der Waals surface area contributed by atoms with Crippen LogP contribution in [0, 0.1) is 6.92 Å². The van der Waals surface area contributed by atoms with Crippen molar-refractivity contribution in [2.45, 2.75) is 44.4 Å². The van der Waals surface area contributed by atoms with Gasteiger partial charge in [0.2, 0.25) is 5.95 Å². The van der Waals surface area contributed by atoms with E-state index in [1.54, 1.807) is 6.20 Å². The molecule has 2 saturated heterocycles. The molecule has 1 aromatic carbocycles. The summed E-state index contributed by atoms with van der Waals surface area (Å²) < 4.78 is 7.61. The van der Waals surface area contributed by atoms with Gasteiger partial charge in [-0.05, 0) is 38.8 Å². The maximum atomic E-state index is 10.4. The topological polar surface area (TPSA) is 91.6 Å². The molecule has 180 valence electrons. The maximum absolute atomic E-state index is 10.4. The molecule has 3 aliphatic rings. The lowest BCUT2D eigenvalue weighted by Gasteiger charge is -2.45. The van der Waals surface area contributed by atoms with Gasteiger partial charge in [0.05, 0.1) is 64.7 Å². The minimum Gasteiger partial charge on any atom is -0.389 e. The molecule has 3 aromatic rings. The van der Waals surface area contributed by atoms with Gasteiger partial charge in [-0.25, -0.2) is 9.97 Å². The molecule has 2 N–H and O–H groups in total. The SMILES string of the molecule is Cc1c(Nc2ncc3cc(Cl)c(N4CCN(C5(C)COCC5O)CC4)cc3n2)cnn1C1CC1. The molecule has 2 aromatic heterocycles. The van der Waals surface area contributed by atoms with Gasteiger partial charge in [0.25, 0.3) is 0 Å². The van der Waals surface area contributed by atoms with Crippen molar-refractivity contribution in [3.63, 3.8) is 0 Å². The van der Waals surface area contributed by atoms with Gasteiger partial charge in [0.15, 0.2) is 0 Å². The van der Waals surface area contributed by atoms with E-state index in [1.165, 1.54) is 12.8 Å². The smallest absolute Gasteiger partial charge is 0.227 e. The molecule has 1 saturated carbocycles. The Balaban J connectivity index is 1.21. The van der Waals surface area contributed by atoms with Gasteiger partial charge in [-0.2, -0.15) is 5.10 Å². The van der Waals surface area contributed by atoms with E-state index in [0.717, 1.165) is 54.2 Å². The average Bonchev–Trinajstić information content (AvgIpc) is 3.54. The number of nitrogens with zero attached hydrogens (tertiary/aromatic N) is 6. The van der Waals surface area contributed by atoms with E-state index in [1.807, 2.05) is 12.3 Å². The lowest BCUT2D eigenvalue weighted by Crippen LogP contribution is -2.60. The number of aliphatic hydroxyl groups excluding tert-OH is 1. The molecule has 2 unspecified atom stereocenters. The first-order chi connectivity index (χ1) is 16.4. The zero-order valence-electron chi connectivity index (χ0n) is 19.5. The van der Waals surface area contributed by atoms with Gasteiger partial charge in [-0.15, -0.1) is 0 Å². The molecule has 0 spiro atoms. The highest BCUT2D eigenvalue weighted by Gasteiger charge is 2.44. The van der Waals surface area contributed by atoms with Gasteiger partial charge in [-0.3, -0.25) is 9.58 Å². The third-order valence-electron chi connectivity index (χ3n) is 7.56. The highest BCUT2D eigenvalue weighted by molar-refractivity contribution is 6.34. The minimum absolute atomic E-state index is 0.321. The summed E-state index contributed by atoms with van der Waals surface area (Å²) in [6, 6.07) is 4.52. The molecule has 0 bridgehead atoms. The first kappa shape index (κ1) is 22.0. The van der Waals surface area contributed by atoms with Crippen LogP contribution in [0.4, 0.5) is 17.3 Å². The molecule has 0 radical (unpaired) electrons. The van der Waals surface area contributed by atoms with Crippen molar-refractivity contribution in [1.29, 1.82) is 0 Å². The fourth-order valence-electron chi connectivity index (χ4n) is 5.11. The molecule has 9 nitrogen and oxygen atoms in total. The predicted molar refractivity (Wildman–Crippen MR) is 132 cm³/mol. The minimum atomic E-state index is -0.453. The summed E-state index contributed by atoms with van der Waals surface area (Å²) in [6.07, 6.45) is 5.59. The van der Waals surface area contributed by atoms with Crippen molar-refractivity contribution in [2.75, 3.05) is 49.6 Å². The highest BCUT2D eigenvalue weighted by Crippen LogP contribution is 2.37. The van der Waals surface area contributed by atoms with E-state index in [2.05, 4.69) is 49.8 Å². The van der Waals surface area contributed by atoms with Gasteiger partial charge in [-0.1, -0.05) is 11.6 Å². The third-order valence-corrected chi connectivity index (χ3v) is 7.87. The highest BCUT2D eigenvalue weighted by atomic mass is 35.5. The van der Waals surface area contributed by atoms with Crippen molar-refractivity contribution in [2.24, 2.45) is 0 Å². The lowest BCUT2D eigenvalue weighted by molar-refractivity contribution is 0.00884. The number of halogens is 1. The first-order valence-electron chi connectivity index (χ1n) is 12.0. The van der Waals surface area contributed by atoms with Crippen LogP contribution in [0.5, 0.6) is 0 Å². The van der Waals surface area contributed by atoms with Crippen LogP contribution in [0.2, 0.25) is 5.02 Å². The quantitative estimate of drug-likeness (QED) is 0.572. The van der Waals surface area contributed by atoms with Crippen molar-refractivity contribution in [3.8, 4) is 0 Å². The first-order valence-corrected chi connectivity index (χ1v) is 12.3. The number of aromatic nitrogens is 4. The molecule has 4 heterocycles. The number of benzene rings is 1. The Morgan fingerprint density at radius 2 is 1.97 bits per heavy atom. The normalized spacial score (nSPS) is 25.9. The van der Waals surface area contributed by atoms with Crippen molar-refractivity contribution < 1.29 is 9.84 Å². The van der Waals surface area contributed by atoms with E-state index >= 15 is 0 Å². The van der Waals surface area contributed by atoms with E-state index in [9.17, 15) is 5.11 Å². The summed E-state index contributed by atoms with van der Waals surface area (Å²) in [5, 5.41) is 19.8. The van der Waals surface area contributed by atoms with E-state index < -0.39 is 6.10 Å². The average molecular weight is 484 g/mol. The lowest BCUT2D eigenvalue weighted by atomic mass is 9.95. The summed E-state index contributed by atoms with van der Waals surface area (Å²) >= 11 is 6.68. The summed E-state index contributed by atoms with van der Waals surface area (Å²) in [6.45, 7) is 8.46. The molecule has 0 amide bonds. The molecule has 2 atom stereocenters. The number of fused-ring (bicyclic) bond motifs is 1. The molecular weight excluding hydrogens is 454 g/mol. The van der Waals surface area contributed by atoms with Crippen molar-refractivity contribution in [1.82, 2.24) is 24.6 Å². The Kier molecular flexibility index (Phi) is 5.40. The summed E-state index contributed by atoms with van der Waals surface area (Å²) in [5.41, 5.74) is 3.54. The van der Waals surface area contributed by atoms with E-state index in [4.69, 9.17) is 21.3 Å². The van der Waals surface area contributed by atoms with Crippen molar-refractivity contribution >= 4 is 39.8 Å². The summed E-state index contributed by atoms with van der Waals surface area (Å²) in [5.74, 6) is 0.548. The summed E-state index contributed by atoms with van der Waals surface area (Å²) in [4.78, 5) is 13.9. The fourth-order valence-corrected chi connectivity index (χ4v) is 5.40. The Labute approximate surface area is 203 Å². The van der Waals surface area contributed by atoms with Crippen LogP contribution in [-0.2, 0) is 4.74 Å². The second-order valence-corrected chi connectivity index (χ2v) is 10.3. The number of piperazine rings is 1. The fraction of sp³-hybridized carbons (Fsp3) is 0.542. The number of hydrogen-bond acceptors (Lipinski definition) is 8. The van der Waals surface area contributed by atoms with Crippen LogP contribution in [0.25, 0.3) is 10.9 Å². The van der Waals surface area contributed by atoms with E-state index in [-0.39, 0.29) is 5.54 Å². The Hall–Kier alpha value is -2.46. The predicted octanol–water partition coefficient (Wildman–Crippen LogP) is 3.14. The van der Waals surface area contributed by atoms with Crippen LogP contribution < -0.4 is 10.2 Å². The third kappa shape index (κ3) is 3.80.